The highest BCUT2D eigenvalue weighted by Crippen LogP contribution is 2.40. The number of likely N-dealkylation sites (tertiary alicyclic amines) is 1. The normalized spacial score (nSPS) is 16.9. The smallest absolute Gasteiger partial charge is 0.254 e. The van der Waals surface area contributed by atoms with Gasteiger partial charge < -0.3 is 29.7 Å². The highest BCUT2D eigenvalue weighted by Gasteiger charge is 2.44. The summed E-state index contributed by atoms with van der Waals surface area (Å²) < 4.78 is 14.2. The Kier molecular flexibility index (Phi) is 10.6. The minimum absolute atomic E-state index is 0.0628. The molecule has 5 rings (SSSR count). The van der Waals surface area contributed by atoms with E-state index >= 15 is 0 Å². The van der Waals surface area contributed by atoms with Crippen LogP contribution in [0.25, 0.3) is 0 Å². The molecule has 0 spiro atoms. The molecule has 3 aromatic heterocycles. The van der Waals surface area contributed by atoms with Crippen molar-refractivity contribution in [2.24, 2.45) is 0 Å². The predicted octanol–water partition coefficient (Wildman–Crippen LogP) is 4.56. The van der Waals surface area contributed by atoms with Crippen molar-refractivity contribution in [3.8, 4) is 0 Å². The van der Waals surface area contributed by atoms with Gasteiger partial charge in [0.2, 0.25) is 12.3 Å². The molecule has 0 saturated carbocycles. The molecule has 1 aliphatic rings. The second-order valence-electron chi connectivity index (χ2n) is 13.1. The summed E-state index contributed by atoms with van der Waals surface area (Å²) in [7, 11) is 0. The molecular formula is C35H44N6O5S. The van der Waals surface area contributed by atoms with Crippen LogP contribution in [-0.4, -0.2) is 69.6 Å². The van der Waals surface area contributed by atoms with Gasteiger partial charge in [0.25, 0.3) is 5.91 Å². The average Bonchev–Trinajstić information content (AvgIpc) is 3.87. The van der Waals surface area contributed by atoms with E-state index in [1.807, 2.05) is 72.5 Å². The lowest BCUT2D eigenvalue weighted by Gasteiger charge is -2.41. The molecule has 3 unspecified atom stereocenters. The Morgan fingerprint density at radius 2 is 1.85 bits per heavy atom. The molecule has 0 aliphatic carbocycles. The Hall–Kier alpha value is -4.26. The summed E-state index contributed by atoms with van der Waals surface area (Å²) in [5.74, 6) is 0.266. The Balaban J connectivity index is 1.39. The minimum Gasteiger partial charge on any atom is -0.467 e. The quantitative estimate of drug-likeness (QED) is 0.159. The van der Waals surface area contributed by atoms with Gasteiger partial charge in [-0.15, -0.1) is 0 Å². The Morgan fingerprint density at radius 3 is 2.49 bits per heavy atom. The van der Waals surface area contributed by atoms with Crippen LogP contribution < -0.4 is 16.0 Å². The number of hydrogen-bond donors (Lipinski definition) is 3. The van der Waals surface area contributed by atoms with Crippen LogP contribution in [0.5, 0.6) is 0 Å². The van der Waals surface area contributed by atoms with Crippen LogP contribution in [0.3, 0.4) is 0 Å². The molecule has 4 heterocycles. The summed E-state index contributed by atoms with van der Waals surface area (Å²) in [6.45, 7) is 9.38. The fourth-order valence-electron chi connectivity index (χ4n) is 6.30. The van der Waals surface area contributed by atoms with Gasteiger partial charge in [0.05, 0.1) is 31.3 Å². The van der Waals surface area contributed by atoms with Crippen LogP contribution in [0, 0.1) is 0 Å². The number of nitrogens with one attached hydrogen (secondary N) is 3. The number of carbonyl (C=O) groups is 3. The molecule has 1 aromatic carbocycles. The van der Waals surface area contributed by atoms with E-state index in [0.717, 1.165) is 42.8 Å². The van der Waals surface area contributed by atoms with Gasteiger partial charge in [-0.2, -0.15) is 11.3 Å². The number of rotatable bonds is 15. The summed E-state index contributed by atoms with van der Waals surface area (Å²) in [5.41, 5.74) is -0.669. The van der Waals surface area contributed by atoms with Crippen molar-refractivity contribution in [3.63, 3.8) is 0 Å². The fourth-order valence-corrected chi connectivity index (χ4v) is 6.99. The molecule has 4 aromatic rings. The van der Waals surface area contributed by atoms with E-state index in [4.69, 9.17) is 9.15 Å². The first-order chi connectivity index (χ1) is 22.5. The zero-order chi connectivity index (χ0) is 33.5. The van der Waals surface area contributed by atoms with E-state index in [9.17, 15) is 14.4 Å². The van der Waals surface area contributed by atoms with Crippen molar-refractivity contribution in [1.82, 2.24) is 25.1 Å². The molecule has 3 atom stereocenters. The summed E-state index contributed by atoms with van der Waals surface area (Å²) in [6, 6.07) is 15.3. The number of furan rings is 1. The third-order valence-electron chi connectivity index (χ3n) is 8.30. The van der Waals surface area contributed by atoms with Gasteiger partial charge in [0.1, 0.15) is 17.3 Å². The number of amides is 3. The number of anilines is 1. The maximum absolute atomic E-state index is 13.8. The van der Waals surface area contributed by atoms with Crippen LogP contribution in [0.4, 0.5) is 5.82 Å². The van der Waals surface area contributed by atoms with E-state index in [0.29, 0.717) is 18.8 Å². The predicted molar refractivity (Wildman–Crippen MR) is 181 cm³/mol. The van der Waals surface area contributed by atoms with Gasteiger partial charge in [-0.05, 0) is 93.7 Å². The third kappa shape index (κ3) is 8.19. The molecule has 12 heteroatoms. The molecule has 3 N–H and O–H groups in total. The van der Waals surface area contributed by atoms with Gasteiger partial charge in [0, 0.05) is 12.6 Å². The zero-order valence-electron chi connectivity index (χ0n) is 27.4. The largest absolute Gasteiger partial charge is 0.467 e. The van der Waals surface area contributed by atoms with Crippen molar-refractivity contribution >= 4 is 35.4 Å². The van der Waals surface area contributed by atoms with E-state index in [-0.39, 0.29) is 13.0 Å². The van der Waals surface area contributed by atoms with Crippen molar-refractivity contribution in [1.29, 1.82) is 0 Å². The van der Waals surface area contributed by atoms with Gasteiger partial charge in [-0.1, -0.05) is 30.3 Å². The first-order valence-corrected chi connectivity index (χ1v) is 16.8. The van der Waals surface area contributed by atoms with Gasteiger partial charge in [-0.25, -0.2) is 4.98 Å². The molecule has 1 aliphatic heterocycles. The molecule has 47 heavy (non-hydrogen) atoms. The first-order valence-electron chi connectivity index (χ1n) is 15.9. The van der Waals surface area contributed by atoms with Crippen LogP contribution in [0.1, 0.15) is 57.4 Å². The first kappa shape index (κ1) is 34.1. The van der Waals surface area contributed by atoms with Gasteiger partial charge >= 0.3 is 0 Å². The number of hydrogen-bond acceptors (Lipinski definition) is 8. The standard InChI is InChI=1S/C35H44N6O5S/c1-33(2,3)46-34(4,22-36-25-42)32(44)38-28(19-26-14-18-47-21-26)31(43)39-30-20-40(24-37-30)23-35(29-13-10-17-45-29,41-15-8-9-16-41)27-11-6-5-7-12-27/h5-7,10-14,17-18,20-21,24-25,28H,8-9,15-16,19,22-23H2,1-4H3,(H,36,42)(H,38,44)(H,39,43). The second kappa shape index (κ2) is 14.7. The number of benzene rings is 1. The number of nitrogens with zero attached hydrogens (tertiary/aromatic N) is 3. The number of thiophene rings is 1. The number of aromatic nitrogens is 2. The molecule has 3 amide bonds. The Morgan fingerprint density at radius 1 is 1.09 bits per heavy atom. The topological polar surface area (TPSA) is 131 Å². The highest BCUT2D eigenvalue weighted by atomic mass is 32.1. The van der Waals surface area contributed by atoms with Crippen LogP contribution in [0.15, 0.2) is 82.5 Å². The molecule has 0 radical (unpaired) electrons. The van der Waals surface area contributed by atoms with Crippen molar-refractivity contribution in [2.45, 2.75) is 76.3 Å². The van der Waals surface area contributed by atoms with E-state index < -0.39 is 34.6 Å². The van der Waals surface area contributed by atoms with E-state index in [1.54, 1.807) is 25.7 Å². The Bertz CT molecular complexity index is 1590. The molecule has 1 fully saturated rings. The molecule has 11 nitrogen and oxygen atoms in total. The highest BCUT2D eigenvalue weighted by molar-refractivity contribution is 7.07. The van der Waals surface area contributed by atoms with Crippen LogP contribution in [-0.2, 0) is 37.6 Å². The maximum atomic E-state index is 13.8. The zero-order valence-corrected chi connectivity index (χ0v) is 28.2. The van der Waals surface area contributed by atoms with Gasteiger partial charge in [-0.3, -0.25) is 19.3 Å². The van der Waals surface area contributed by atoms with Crippen molar-refractivity contribution < 1.29 is 23.5 Å². The average molecular weight is 661 g/mol. The SMILES string of the molecule is CC(C)(C)OC(C)(CNC=O)C(=O)NC(Cc1ccsc1)C(=O)Nc1cn(CC(c2ccccc2)(c2ccco2)N2CCCC2)cn1. The fraction of sp³-hybridized carbons (Fsp3) is 0.429. The Labute approximate surface area is 279 Å². The third-order valence-corrected chi connectivity index (χ3v) is 9.03. The van der Waals surface area contributed by atoms with E-state index in [2.05, 4.69) is 38.0 Å². The minimum atomic E-state index is -1.42. The molecule has 0 bridgehead atoms. The molecule has 1 saturated heterocycles. The van der Waals surface area contributed by atoms with Crippen LogP contribution >= 0.6 is 11.3 Å². The van der Waals surface area contributed by atoms with Gasteiger partial charge in [0.15, 0.2) is 11.4 Å². The summed E-state index contributed by atoms with van der Waals surface area (Å²) in [6.07, 6.45) is 8.20. The second-order valence-corrected chi connectivity index (χ2v) is 13.9. The summed E-state index contributed by atoms with van der Waals surface area (Å²) in [5, 5.41) is 12.2. The lowest BCUT2D eigenvalue weighted by Crippen LogP contribution is -2.59. The lowest BCUT2D eigenvalue weighted by molar-refractivity contribution is -0.164. The lowest BCUT2D eigenvalue weighted by atomic mass is 9.85. The summed E-state index contributed by atoms with van der Waals surface area (Å²) in [4.78, 5) is 45.6. The maximum Gasteiger partial charge on any atom is 0.254 e. The molecule has 250 valence electrons. The monoisotopic (exact) mass is 660 g/mol. The van der Waals surface area contributed by atoms with E-state index in [1.165, 1.54) is 11.3 Å². The number of carbonyl (C=O) groups excluding carboxylic acids is 3. The van der Waals surface area contributed by atoms with Crippen LogP contribution in [0.2, 0.25) is 0 Å². The van der Waals surface area contributed by atoms with Crippen molar-refractivity contribution in [2.75, 3.05) is 25.0 Å². The number of imidazole rings is 1. The van der Waals surface area contributed by atoms with Crippen molar-refractivity contribution in [3.05, 3.63) is 95.0 Å². The molecular weight excluding hydrogens is 616 g/mol. The number of ether oxygens (including phenoxy) is 1. The summed E-state index contributed by atoms with van der Waals surface area (Å²) >= 11 is 1.51.